The van der Waals surface area contributed by atoms with E-state index in [0.29, 0.717) is 36.7 Å². The van der Waals surface area contributed by atoms with E-state index >= 15 is 0 Å². The molecule has 32 heavy (non-hydrogen) atoms. The highest BCUT2D eigenvalue weighted by Gasteiger charge is 2.47. The third-order valence-electron chi connectivity index (χ3n) is 6.25. The number of nitrogens with zero attached hydrogens (tertiary/aromatic N) is 4. The highest BCUT2D eigenvalue weighted by molar-refractivity contribution is 6.46. The number of carbonyl (C=O) groups is 2. The van der Waals surface area contributed by atoms with Crippen molar-refractivity contribution in [1.29, 1.82) is 0 Å². The summed E-state index contributed by atoms with van der Waals surface area (Å²) in [6, 6.07) is 5.02. The molecule has 2 fully saturated rings. The molecule has 3 heterocycles. The molecule has 1 atom stereocenters. The fourth-order valence-corrected chi connectivity index (χ4v) is 4.46. The summed E-state index contributed by atoms with van der Waals surface area (Å²) < 4.78 is 21.8. The number of ketones is 1. The Morgan fingerprint density at radius 3 is 2.50 bits per heavy atom. The SMILES string of the molecule is Cc1nn(C)c(C)c1/C(O)=C1\C(=O)C(=O)N(CCN2CCOCC2)C1c1ccccc1F. The van der Waals surface area contributed by atoms with Crippen LogP contribution >= 0.6 is 0 Å². The highest BCUT2D eigenvalue weighted by atomic mass is 19.1. The number of aromatic nitrogens is 2. The predicted molar refractivity (Wildman–Crippen MR) is 115 cm³/mol. The number of aliphatic hydroxyl groups is 1. The molecular formula is C23H27FN4O4. The number of halogens is 1. The zero-order chi connectivity index (χ0) is 23.0. The van der Waals surface area contributed by atoms with E-state index in [2.05, 4.69) is 10.00 Å². The molecule has 2 saturated heterocycles. The topological polar surface area (TPSA) is 87.9 Å². The summed E-state index contributed by atoms with van der Waals surface area (Å²) in [5, 5.41) is 15.5. The molecule has 1 aromatic heterocycles. The van der Waals surface area contributed by atoms with Crippen LogP contribution in [0.25, 0.3) is 5.76 Å². The third kappa shape index (κ3) is 3.82. The average molecular weight is 442 g/mol. The van der Waals surface area contributed by atoms with Crippen LogP contribution in [0.5, 0.6) is 0 Å². The highest BCUT2D eigenvalue weighted by Crippen LogP contribution is 2.41. The number of benzene rings is 1. The standard InChI is InChI=1S/C23H27FN4O4/c1-14-18(15(2)26(3)25-14)21(29)19-20(16-6-4-5-7-17(16)24)28(23(31)22(19)30)9-8-27-10-12-32-13-11-27/h4-7,20,29H,8-13H2,1-3H3/b21-19+. The number of amides is 1. The zero-order valence-electron chi connectivity index (χ0n) is 18.5. The molecule has 0 spiro atoms. The molecule has 0 saturated carbocycles. The van der Waals surface area contributed by atoms with Crippen LogP contribution in [-0.4, -0.2) is 75.8 Å². The number of aryl methyl sites for hydroxylation is 2. The maximum absolute atomic E-state index is 14.9. The number of ether oxygens (including phenoxy) is 1. The second-order valence-corrected chi connectivity index (χ2v) is 8.14. The second kappa shape index (κ2) is 8.84. The van der Waals surface area contributed by atoms with E-state index in [9.17, 15) is 19.1 Å². The van der Waals surface area contributed by atoms with E-state index < -0.39 is 23.5 Å². The molecule has 2 aliphatic rings. The molecule has 1 N–H and O–H groups in total. The summed E-state index contributed by atoms with van der Waals surface area (Å²) in [7, 11) is 1.73. The lowest BCUT2D eigenvalue weighted by Crippen LogP contribution is -2.42. The zero-order valence-corrected chi connectivity index (χ0v) is 18.5. The Kier molecular flexibility index (Phi) is 6.12. The molecule has 0 radical (unpaired) electrons. The number of likely N-dealkylation sites (tertiary alicyclic amines) is 1. The molecule has 1 amide bonds. The minimum Gasteiger partial charge on any atom is -0.507 e. The Morgan fingerprint density at radius 1 is 1.19 bits per heavy atom. The van der Waals surface area contributed by atoms with Crippen LogP contribution in [0.2, 0.25) is 0 Å². The van der Waals surface area contributed by atoms with Crippen molar-refractivity contribution in [3.8, 4) is 0 Å². The summed E-state index contributed by atoms with van der Waals surface area (Å²) in [5.41, 5.74) is 1.62. The minimum atomic E-state index is -1.02. The molecule has 1 aromatic carbocycles. The monoisotopic (exact) mass is 442 g/mol. The molecule has 0 aliphatic carbocycles. The first-order valence-electron chi connectivity index (χ1n) is 10.6. The Bertz CT molecular complexity index is 1090. The molecule has 9 heteroatoms. The van der Waals surface area contributed by atoms with Gasteiger partial charge in [0.15, 0.2) is 0 Å². The van der Waals surface area contributed by atoms with E-state index in [0.717, 1.165) is 13.1 Å². The van der Waals surface area contributed by atoms with Crippen molar-refractivity contribution in [3.05, 3.63) is 58.2 Å². The van der Waals surface area contributed by atoms with Crippen LogP contribution in [0.1, 0.15) is 28.6 Å². The molecule has 8 nitrogen and oxygen atoms in total. The van der Waals surface area contributed by atoms with Gasteiger partial charge in [-0.15, -0.1) is 0 Å². The van der Waals surface area contributed by atoms with Crippen LogP contribution in [0.4, 0.5) is 4.39 Å². The van der Waals surface area contributed by atoms with E-state index in [1.165, 1.54) is 11.0 Å². The number of hydrogen-bond donors (Lipinski definition) is 1. The average Bonchev–Trinajstić information content (AvgIpc) is 3.18. The number of carbonyl (C=O) groups excluding carboxylic acids is 2. The molecule has 1 unspecified atom stereocenters. The molecular weight excluding hydrogens is 415 g/mol. The van der Waals surface area contributed by atoms with Gasteiger partial charge in [-0.1, -0.05) is 18.2 Å². The van der Waals surface area contributed by atoms with Gasteiger partial charge in [0.2, 0.25) is 0 Å². The second-order valence-electron chi connectivity index (χ2n) is 8.14. The van der Waals surface area contributed by atoms with Crippen molar-refractivity contribution < 1.29 is 23.8 Å². The summed E-state index contributed by atoms with van der Waals surface area (Å²) in [6.07, 6.45) is 0. The van der Waals surface area contributed by atoms with Crippen LogP contribution in [0.3, 0.4) is 0 Å². The minimum absolute atomic E-state index is 0.110. The van der Waals surface area contributed by atoms with Gasteiger partial charge in [0, 0.05) is 44.5 Å². The molecule has 2 aromatic rings. The lowest BCUT2D eigenvalue weighted by Gasteiger charge is -2.31. The third-order valence-corrected chi connectivity index (χ3v) is 6.25. The van der Waals surface area contributed by atoms with Gasteiger partial charge >= 0.3 is 0 Å². The van der Waals surface area contributed by atoms with Gasteiger partial charge in [0.1, 0.15) is 11.6 Å². The van der Waals surface area contributed by atoms with Crippen molar-refractivity contribution in [3.63, 3.8) is 0 Å². The summed E-state index contributed by atoms with van der Waals surface area (Å²) in [6.45, 7) is 6.89. The van der Waals surface area contributed by atoms with E-state index in [4.69, 9.17) is 4.74 Å². The number of aliphatic hydroxyl groups excluding tert-OH is 1. The van der Waals surface area contributed by atoms with Crippen molar-refractivity contribution in [1.82, 2.24) is 19.6 Å². The van der Waals surface area contributed by atoms with Crippen molar-refractivity contribution >= 4 is 17.4 Å². The van der Waals surface area contributed by atoms with Crippen LogP contribution in [0, 0.1) is 19.7 Å². The van der Waals surface area contributed by atoms with Gasteiger partial charge in [0.25, 0.3) is 11.7 Å². The molecule has 170 valence electrons. The van der Waals surface area contributed by atoms with Crippen molar-refractivity contribution in [2.45, 2.75) is 19.9 Å². The first-order chi connectivity index (χ1) is 15.3. The van der Waals surface area contributed by atoms with Gasteiger partial charge in [-0.3, -0.25) is 19.2 Å². The van der Waals surface area contributed by atoms with Crippen LogP contribution < -0.4 is 0 Å². The normalized spacial score (nSPS) is 21.5. The Morgan fingerprint density at radius 2 is 1.88 bits per heavy atom. The lowest BCUT2D eigenvalue weighted by atomic mass is 9.94. The fourth-order valence-electron chi connectivity index (χ4n) is 4.46. The predicted octanol–water partition coefficient (Wildman–Crippen LogP) is 1.93. The molecule has 4 rings (SSSR count). The van der Waals surface area contributed by atoms with Crippen molar-refractivity contribution in [2.75, 3.05) is 39.4 Å². The lowest BCUT2D eigenvalue weighted by molar-refractivity contribution is -0.140. The number of morpholine rings is 1. The van der Waals surface area contributed by atoms with Crippen LogP contribution in [-0.2, 0) is 21.4 Å². The summed E-state index contributed by atoms with van der Waals surface area (Å²) in [5.74, 6) is -2.43. The molecule has 2 aliphatic heterocycles. The first-order valence-corrected chi connectivity index (χ1v) is 10.6. The largest absolute Gasteiger partial charge is 0.507 e. The Labute approximate surface area is 185 Å². The van der Waals surface area contributed by atoms with E-state index in [1.807, 2.05) is 0 Å². The summed E-state index contributed by atoms with van der Waals surface area (Å²) >= 11 is 0. The Hall–Kier alpha value is -3.04. The van der Waals surface area contributed by atoms with Gasteiger partial charge < -0.3 is 14.7 Å². The summed E-state index contributed by atoms with van der Waals surface area (Å²) in [4.78, 5) is 29.7. The van der Waals surface area contributed by atoms with Gasteiger partial charge in [-0.25, -0.2) is 4.39 Å². The van der Waals surface area contributed by atoms with Gasteiger partial charge in [0.05, 0.1) is 36.1 Å². The van der Waals surface area contributed by atoms with Gasteiger partial charge in [-0.2, -0.15) is 5.10 Å². The fraction of sp³-hybridized carbons (Fsp3) is 0.435. The quantitative estimate of drug-likeness (QED) is 0.433. The number of rotatable bonds is 5. The first kappa shape index (κ1) is 22.2. The van der Waals surface area contributed by atoms with Gasteiger partial charge in [-0.05, 0) is 19.9 Å². The van der Waals surface area contributed by atoms with E-state index in [1.54, 1.807) is 43.8 Å². The van der Waals surface area contributed by atoms with Crippen LogP contribution in [0.15, 0.2) is 29.8 Å². The Balaban J connectivity index is 1.80. The smallest absolute Gasteiger partial charge is 0.295 e. The maximum Gasteiger partial charge on any atom is 0.295 e. The number of Topliss-reactive ketones (excluding diaryl/α,β-unsaturated/α-hetero) is 1. The number of hydrogen-bond acceptors (Lipinski definition) is 6. The van der Waals surface area contributed by atoms with Crippen molar-refractivity contribution in [2.24, 2.45) is 7.05 Å². The maximum atomic E-state index is 14.9. The van der Waals surface area contributed by atoms with E-state index in [-0.39, 0.29) is 23.4 Å². The molecule has 0 bridgehead atoms.